The van der Waals surface area contributed by atoms with Gasteiger partial charge in [-0.15, -0.1) is 11.3 Å². The van der Waals surface area contributed by atoms with Crippen LogP contribution in [0.5, 0.6) is 0 Å². The molecule has 1 aromatic heterocycles. The topological polar surface area (TPSA) is 82.6 Å². The lowest BCUT2D eigenvalue weighted by Gasteiger charge is -2.18. The monoisotopic (exact) mass is 498 g/mol. The summed E-state index contributed by atoms with van der Waals surface area (Å²) in [7, 11) is 0. The summed E-state index contributed by atoms with van der Waals surface area (Å²) in [5, 5.41) is 5.03. The Balaban J connectivity index is 1.44. The van der Waals surface area contributed by atoms with Crippen LogP contribution < -0.4 is 15.1 Å². The van der Waals surface area contributed by atoms with E-state index in [4.69, 9.17) is 11.6 Å². The van der Waals surface area contributed by atoms with Crippen molar-refractivity contribution in [2.45, 2.75) is 19.8 Å². The molecule has 1 fully saturated rings. The molecular formula is C24H20ClFN4O3S. The fraction of sp³-hybridized carbons (Fsp3) is 0.167. The van der Waals surface area contributed by atoms with Crippen LogP contribution in [-0.4, -0.2) is 29.3 Å². The summed E-state index contributed by atoms with van der Waals surface area (Å²) >= 11 is 7.48. The number of para-hydroxylation sites is 1. The number of nitrogens with one attached hydrogen (secondary N) is 1. The lowest BCUT2D eigenvalue weighted by atomic mass is 10.2. The van der Waals surface area contributed by atoms with Crippen molar-refractivity contribution in [3.8, 4) is 0 Å². The van der Waals surface area contributed by atoms with E-state index in [0.29, 0.717) is 35.1 Å². The third-order valence-corrected chi connectivity index (χ3v) is 6.24. The minimum absolute atomic E-state index is 0.0302. The first-order valence-corrected chi connectivity index (χ1v) is 11.7. The molecule has 0 bridgehead atoms. The molecule has 0 spiro atoms. The van der Waals surface area contributed by atoms with Crippen molar-refractivity contribution >= 4 is 68.9 Å². The summed E-state index contributed by atoms with van der Waals surface area (Å²) in [4.78, 5) is 43.6. The quantitative estimate of drug-likeness (QED) is 0.461. The highest BCUT2D eigenvalue weighted by atomic mass is 35.5. The third kappa shape index (κ3) is 5.16. The molecule has 0 radical (unpaired) electrons. The van der Waals surface area contributed by atoms with Gasteiger partial charge in [-0.1, -0.05) is 23.7 Å². The number of anilines is 4. The number of rotatable bonds is 6. The number of carbonyl (C=O) groups is 3. The molecule has 0 saturated carbocycles. The van der Waals surface area contributed by atoms with Crippen molar-refractivity contribution in [3.05, 3.63) is 70.5 Å². The minimum atomic E-state index is -0.539. The molecular weight excluding hydrogens is 479 g/mol. The van der Waals surface area contributed by atoms with Crippen LogP contribution in [0.2, 0.25) is 5.02 Å². The Morgan fingerprint density at radius 1 is 1.26 bits per heavy atom. The zero-order valence-electron chi connectivity index (χ0n) is 18.1. The molecule has 2 heterocycles. The third-order valence-electron chi connectivity index (χ3n) is 5.09. The van der Waals surface area contributed by atoms with E-state index >= 15 is 0 Å². The van der Waals surface area contributed by atoms with Crippen LogP contribution >= 0.6 is 22.9 Å². The molecule has 34 heavy (non-hydrogen) atoms. The smallest absolute Gasteiger partial charge is 0.248 e. The lowest BCUT2D eigenvalue weighted by molar-refractivity contribution is -0.117. The largest absolute Gasteiger partial charge is 0.322 e. The maximum atomic E-state index is 14.2. The number of benzene rings is 2. The van der Waals surface area contributed by atoms with E-state index in [1.54, 1.807) is 40.6 Å². The second-order valence-corrected chi connectivity index (χ2v) is 8.74. The molecule has 1 aliphatic rings. The first kappa shape index (κ1) is 23.6. The Labute approximate surface area is 204 Å². The van der Waals surface area contributed by atoms with Crippen molar-refractivity contribution in [1.29, 1.82) is 0 Å². The number of amides is 3. The zero-order chi connectivity index (χ0) is 24.2. The standard InChI is InChI=1S/C24H20ClFN4O3S/c1-15(31)30(21-6-3-2-5-19(21)26)24-28-17(14-34-24)9-11-22(32)27-16-8-10-20(18(25)13-16)29-12-4-7-23(29)33/h2-3,5-6,8-11,13-14H,4,7,12H2,1H3,(H,27,32)/b11-9+. The van der Waals surface area contributed by atoms with Gasteiger partial charge in [0.05, 0.1) is 22.1 Å². The highest BCUT2D eigenvalue weighted by Gasteiger charge is 2.24. The Morgan fingerprint density at radius 3 is 2.74 bits per heavy atom. The average Bonchev–Trinajstić information content (AvgIpc) is 3.43. The SMILES string of the molecule is CC(=O)N(c1nc(/C=C/C(=O)Nc2ccc(N3CCCC3=O)c(Cl)c2)cs1)c1ccccc1F. The molecule has 4 rings (SSSR count). The van der Waals surface area contributed by atoms with Gasteiger partial charge in [0.2, 0.25) is 17.7 Å². The number of thiazole rings is 1. The van der Waals surface area contributed by atoms with Crippen LogP contribution in [0.4, 0.5) is 26.6 Å². The zero-order valence-corrected chi connectivity index (χ0v) is 19.7. The van der Waals surface area contributed by atoms with Crippen LogP contribution in [0.25, 0.3) is 6.08 Å². The van der Waals surface area contributed by atoms with Crippen LogP contribution in [0.15, 0.2) is 53.9 Å². The van der Waals surface area contributed by atoms with Crippen molar-refractivity contribution in [2.24, 2.45) is 0 Å². The summed E-state index contributed by atoms with van der Waals surface area (Å²) in [5.41, 5.74) is 1.65. The molecule has 2 aromatic carbocycles. The molecule has 0 unspecified atom stereocenters. The number of hydrogen-bond acceptors (Lipinski definition) is 5. The Bertz CT molecular complexity index is 1290. The Morgan fingerprint density at radius 2 is 2.06 bits per heavy atom. The van der Waals surface area contributed by atoms with Crippen molar-refractivity contribution in [1.82, 2.24) is 4.98 Å². The van der Waals surface area contributed by atoms with E-state index < -0.39 is 11.7 Å². The van der Waals surface area contributed by atoms with Crippen LogP contribution in [0.1, 0.15) is 25.5 Å². The highest BCUT2D eigenvalue weighted by Crippen LogP contribution is 2.32. The van der Waals surface area contributed by atoms with Crippen LogP contribution in [-0.2, 0) is 14.4 Å². The van der Waals surface area contributed by atoms with Gasteiger partial charge >= 0.3 is 0 Å². The molecule has 7 nitrogen and oxygen atoms in total. The van der Waals surface area contributed by atoms with Crippen LogP contribution in [0.3, 0.4) is 0 Å². The summed E-state index contributed by atoms with van der Waals surface area (Å²) in [6.45, 7) is 1.95. The van der Waals surface area contributed by atoms with Gasteiger partial charge in [0.1, 0.15) is 5.82 Å². The molecule has 1 N–H and O–H groups in total. The number of nitrogens with zero attached hydrogens (tertiary/aromatic N) is 3. The van der Waals surface area contributed by atoms with Crippen molar-refractivity contribution in [2.75, 3.05) is 21.7 Å². The second-order valence-electron chi connectivity index (χ2n) is 7.50. The van der Waals surface area contributed by atoms with Crippen molar-refractivity contribution in [3.63, 3.8) is 0 Å². The minimum Gasteiger partial charge on any atom is -0.322 e. The first-order valence-electron chi connectivity index (χ1n) is 10.4. The van der Waals surface area contributed by atoms with Gasteiger partial charge in [0, 0.05) is 37.0 Å². The van der Waals surface area contributed by atoms with E-state index in [1.807, 2.05) is 0 Å². The molecule has 0 atom stereocenters. The van der Waals surface area contributed by atoms with E-state index in [9.17, 15) is 18.8 Å². The number of carbonyl (C=O) groups excluding carboxylic acids is 3. The first-order chi connectivity index (χ1) is 16.3. The van der Waals surface area contributed by atoms with E-state index in [0.717, 1.165) is 17.8 Å². The summed E-state index contributed by atoms with van der Waals surface area (Å²) in [5.74, 6) is -1.30. The van der Waals surface area contributed by atoms with Gasteiger partial charge in [0.25, 0.3) is 0 Å². The molecule has 3 aromatic rings. The van der Waals surface area contributed by atoms with E-state index in [-0.39, 0.29) is 22.6 Å². The van der Waals surface area contributed by atoms with Crippen LogP contribution in [0, 0.1) is 5.82 Å². The molecule has 0 aliphatic carbocycles. The summed E-state index contributed by atoms with van der Waals surface area (Å²) < 4.78 is 14.2. The van der Waals surface area contributed by atoms with Gasteiger partial charge in [0.15, 0.2) is 5.13 Å². The summed E-state index contributed by atoms with van der Waals surface area (Å²) in [6.07, 6.45) is 4.09. The number of aromatic nitrogens is 1. The summed E-state index contributed by atoms with van der Waals surface area (Å²) in [6, 6.07) is 10.9. The van der Waals surface area contributed by atoms with Gasteiger partial charge in [-0.3, -0.25) is 19.3 Å². The molecule has 174 valence electrons. The highest BCUT2D eigenvalue weighted by molar-refractivity contribution is 7.14. The van der Waals surface area contributed by atoms with Gasteiger partial charge in [-0.05, 0) is 42.8 Å². The second kappa shape index (κ2) is 10.1. The molecule has 1 saturated heterocycles. The van der Waals surface area contributed by atoms with Gasteiger partial charge < -0.3 is 10.2 Å². The van der Waals surface area contributed by atoms with Crippen molar-refractivity contribution < 1.29 is 18.8 Å². The van der Waals surface area contributed by atoms with Gasteiger partial charge in [-0.25, -0.2) is 9.37 Å². The average molecular weight is 499 g/mol. The Kier molecular flexibility index (Phi) is 7.04. The predicted octanol–water partition coefficient (Wildman–Crippen LogP) is 5.40. The van der Waals surface area contributed by atoms with Gasteiger partial charge in [-0.2, -0.15) is 0 Å². The predicted molar refractivity (Wildman–Crippen MR) is 132 cm³/mol. The number of halogens is 2. The van der Waals surface area contributed by atoms with E-state index in [1.165, 1.54) is 36.1 Å². The maximum Gasteiger partial charge on any atom is 0.248 e. The fourth-order valence-electron chi connectivity index (χ4n) is 3.55. The molecule has 1 aliphatic heterocycles. The number of hydrogen-bond donors (Lipinski definition) is 1. The fourth-order valence-corrected chi connectivity index (χ4v) is 4.68. The van der Waals surface area contributed by atoms with E-state index in [2.05, 4.69) is 10.3 Å². The molecule has 10 heteroatoms. The lowest BCUT2D eigenvalue weighted by Crippen LogP contribution is -2.24. The maximum absolute atomic E-state index is 14.2. The molecule has 3 amide bonds. The normalized spacial score (nSPS) is 13.5. The Hall–Kier alpha value is -3.56.